The van der Waals surface area contributed by atoms with Crippen molar-refractivity contribution < 1.29 is 22.7 Å². The van der Waals surface area contributed by atoms with Gasteiger partial charge in [-0.1, -0.05) is 18.2 Å². The van der Waals surface area contributed by atoms with Gasteiger partial charge in [0.2, 0.25) is 5.91 Å². The number of anilines is 3. The van der Waals surface area contributed by atoms with Crippen LogP contribution in [0, 0.1) is 0 Å². The zero-order chi connectivity index (χ0) is 21.7. The molecule has 0 aliphatic rings. The first-order valence-corrected chi connectivity index (χ1v) is 10.9. The molecule has 1 aromatic heterocycles. The third-order valence-corrected chi connectivity index (χ3v) is 6.02. The minimum Gasteiger partial charge on any atom is -0.495 e. The van der Waals surface area contributed by atoms with Crippen molar-refractivity contribution >= 4 is 49.7 Å². The molecule has 2 amide bonds. The number of benzene rings is 2. The van der Waals surface area contributed by atoms with Gasteiger partial charge in [-0.15, -0.1) is 11.3 Å². The van der Waals surface area contributed by atoms with E-state index in [1.54, 1.807) is 36.4 Å². The second-order valence-electron chi connectivity index (χ2n) is 6.01. The molecule has 156 valence electrons. The Morgan fingerprint density at radius 3 is 2.47 bits per heavy atom. The van der Waals surface area contributed by atoms with Gasteiger partial charge in [0.25, 0.3) is 15.9 Å². The molecule has 0 atom stereocenters. The summed E-state index contributed by atoms with van der Waals surface area (Å²) >= 11 is 0.981. The number of carbonyl (C=O) groups is 2. The lowest BCUT2D eigenvalue weighted by molar-refractivity contribution is -0.114. The van der Waals surface area contributed by atoms with Crippen LogP contribution in [0.4, 0.5) is 16.5 Å². The molecule has 3 N–H and O–H groups in total. The lowest BCUT2D eigenvalue weighted by Gasteiger charge is -2.11. The van der Waals surface area contributed by atoms with Gasteiger partial charge < -0.3 is 15.4 Å². The van der Waals surface area contributed by atoms with Crippen LogP contribution in [0.1, 0.15) is 17.4 Å². The first-order valence-electron chi connectivity index (χ1n) is 8.59. The van der Waals surface area contributed by atoms with Crippen LogP contribution in [-0.2, 0) is 14.8 Å². The van der Waals surface area contributed by atoms with E-state index < -0.39 is 15.9 Å². The first kappa shape index (κ1) is 21.3. The van der Waals surface area contributed by atoms with Crippen LogP contribution in [0.2, 0.25) is 0 Å². The standard InChI is InChI=1S/C19H18N4O5S2/c1-12(24)20-13-8-9-17(28-2)15(10-13)21-18(25)16-11-29-19(22-16)23-30(26,27)14-6-4-3-5-7-14/h3-11H,1-2H3,(H,20,24)(H,21,25)(H,22,23). The summed E-state index contributed by atoms with van der Waals surface area (Å²) in [6.45, 7) is 1.37. The first-order chi connectivity index (χ1) is 14.3. The second kappa shape index (κ2) is 8.93. The molecule has 3 rings (SSSR count). The lowest BCUT2D eigenvalue weighted by Crippen LogP contribution is -2.15. The molecule has 11 heteroatoms. The minimum absolute atomic E-state index is 0.0257. The van der Waals surface area contributed by atoms with Crippen LogP contribution in [0.3, 0.4) is 0 Å². The van der Waals surface area contributed by atoms with E-state index >= 15 is 0 Å². The SMILES string of the molecule is COc1ccc(NC(C)=O)cc1NC(=O)c1csc(NS(=O)(=O)c2ccccc2)n1. The number of sulfonamides is 1. The molecule has 1 heterocycles. The quantitative estimate of drug-likeness (QED) is 0.512. The average Bonchev–Trinajstić information content (AvgIpc) is 3.16. The number of carbonyl (C=O) groups excluding carboxylic acids is 2. The van der Waals surface area contributed by atoms with E-state index in [1.807, 2.05) is 0 Å². The van der Waals surface area contributed by atoms with Crippen molar-refractivity contribution in [3.8, 4) is 5.75 Å². The molecule has 0 bridgehead atoms. The summed E-state index contributed by atoms with van der Waals surface area (Å²) in [5.74, 6) is -0.431. The number of amides is 2. The molecular weight excluding hydrogens is 428 g/mol. The molecule has 0 aliphatic carbocycles. The Morgan fingerprint density at radius 1 is 1.07 bits per heavy atom. The number of ether oxygens (including phenoxy) is 1. The number of methoxy groups -OCH3 is 1. The Morgan fingerprint density at radius 2 is 1.80 bits per heavy atom. The smallest absolute Gasteiger partial charge is 0.275 e. The Balaban J connectivity index is 1.76. The highest BCUT2D eigenvalue weighted by atomic mass is 32.2. The molecule has 0 aliphatic heterocycles. The molecule has 0 spiro atoms. The van der Waals surface area contributed by atoms with Gasteiger partial charge in [0, 0.05) is 18.0 Å². The van der Waals surface area contributed by atoms with Crippen molar-refractivity contribution in [3.63, 3.8) is 0 Å². The number of hydrogen-bond donors (Lipinski definition) is 3. The second-order valence-corrected chi connectivity index (χ2v) is 8.55. The van der Waals surface area contributed by atoms with Crippen molar-refractivity contribution in [3.05, 3.63) is 59.6 Å². The summed E-state index contributed by atoms with van der Waals surface area (Å²) in [6, 6.07) is 12.6. The molecule has 30 heavy (non-hydrogen) atoms. The van der Waals surface area contributed by atoms with Gasteiger partial charge in [0.05, 0.1) is 17.7 Å². The van der Waals surface area contributed by atoms with E-state index in [4.69, 9.17) is 4.74 Å². The summed E-state index contributed by atoms with van der Waals surface area (Å²) in [6.07, 6.45) is 0. The summed E-state index contributed by atoms with van der Waals surface area (Å²) in [4.78, 5) is 28.0. The predicted octanol–water partition coefficient (Wildman–Crippen LogP) is 3.16. The number of hydrogen-bond acceptors (Lipinski definition) is 7. The zero-order valence-electron chi connectivity index (χ0n) is 16.0. The van der Waals surface area contributed by atoms with Crippen molar-refractivity contribution in [2.45, 2.75) is 11.8 Å². The number of nitrogens with zero attached hydrogens (tertiary/aromatic N) is 1. The van der Waals surface area contributed by atoms with E-state index in [0.29, 0.717) is 17.1 Å². The molecule has 0 saturated carbocycles. The maximum Gasteiger partial charge on any atom is 0.275 e. The molecule has 0 fully saturated rings. The fourth-order valence-electron chi connectivity index (χ4n) is 2.47. The van der Waals surface area contributed by atoms with E-state index in [-0.39, 0.29) is 21.6 Å². The highest BCUT2D eigenvalue weighted by molar-refractivity contribution is 7.93. The van der Waals surface area contributed by atoms with Gasteiger partial charge in [-0.25, -0.2) is 13.4 Å². The Bertz CT molecular complexity index is 1180. The van der Waals surface area contributed by atoms with Crippen LogP contribution >= 0.6 is 11.3 Å². The largest absolute Gasteiger partial charge is 0.495 e. The molecule has 3 aromatic rings. The van der Waals surface area contributed by atoms with Gasteiger partial charge in [0.1, 0.15) is 11.4 Å². The highest BCUT2D eigenvalue weighted by Crippen LogP contribution is 2.29. The third kappa shape index (κ3) is 5.13. The van der Waals surface area contributed by atoms with Crippen LogP contribution in [-0.4, -0.2) is 32.3 Å². The number of aromatic nitrogens is 1. The van der Waals surface area contributed by atoms with Gasteiger partial charge >= 0.3 is 0 Å². The van der Waals surface area contributed by atoms with E-state index in [9.17, 15) is 18.0 Å². The zero-order valence-corrected chi connectivity index (χ0v) is 17.6. The number of thiazole rings is 1. The molecule has 0 radical (unpaired) electrons. The van der Waals surface area contributed by atoms with E-state index in [0.717, 1.165) is 11.3 Å². The van der Waals surface area contributed by atoms with Crippen molar-refractivity contribution in [2.24, 2.45) is 0 Å². The van der Waals surface area contributed by atoms with E-state index in [1.165, 1.54) is 31.5 Å². The molecular formula is C19H18N4O5S2. The van der Waals surface area contributed by atoms with Crippen LogP contribution < -0.4 is 20.1 Å². The Kier molecular flexibility index (Phi) is 6.33. The fraction of sp³-hybridized carbons (Fsp3) is 0.105. The van der Waals surface area contributed by atoms with Crippen LogP contribution in [0.15, 0.2) is 58.8 Å². The molecule has 2 aromatic carbocycles. The Labute approximate surface area is 177 Å². The number of rotatable bonds is 7. The fourth-order valence-corrected chi connectivity index (χ4v) is 4.44. The lowest BCUT2D eigenvalue weighted by atomic mass is 10.2. The Hall–Kier alpha value is -3.44. The summed E-state index contributed by atoms with van der Waals surface area (Å²) in [7, 11) is -2.36. The van der Waals surface area contributed by atoms with Gasteiger partial charge in [-0.05, 0) is 30.3 Å². The van der Waals surface area contributed by atoms with E-state index in [2.05, 4.69) is 20.3 Å². The van der Waals surface area contributed by atoms with Crippen molar-refractivity contribution in [1.82, 2.24) is 4.98 Å². The summed E-state index contributed by atoms with van der Waals surface area (Å²) < 4.78 is 32.3. The monoisotopic (exact) mass is 446 g/mol. The molecule has 0 saturated heterocycles. The normalized spacial score (nSPS) is 10.9. The molecule has 9 nitrogen and oxygen atoms in total. The van der Waals surface area contributed by atoms with Crippen molar-refractivity contribution in [2.75, 3.05) is 22.5 Å². The predicted molar refractivity (Wildman–Crippen MR) is 115 cm³/mol. The van der Waals surface area contributed by atoms with Crippen molar-refractivity contribution in [1.29, 1.82) is 0 Å². The topological polar surface area (TPSA) is 126 Å². The number of nitrogens with one attached hydrogen (secondary N) is 3. The average molecular weight is 447 g/mol. The maximum atomic E-state index is 12.6. The summed E-state index contributed by atoms with van der Waals surface area (Å²) in [5.41, 5.74) is 0.832. The molecule has 0 unspecified atom stereocenters. The van der Waals surface area contributed by atoms with Crippen LogP contribution in [0.25, 0.3) is 0 Å². The highest BCUT2D eigenvalue weighted by Gasteiger charge is 2.18. The van der Waals surface area contributed by atoms with Crippen LogP contribution in [0.5, 0.6) is 5.75 Å². The minimum atomic E-state index is -3.81. The maximum absolute atomic E-state index is 12.6. The van der Waals surface area contributed by atoms with Gasteiger partial charge in [-0.3, -0.25) is 14.3 Å². The third-order valence-electron chi connectivity index (χ3n) is 3.78. The summed E-state index contributed by atoms with van der Waals surface area (Å²) in [5, 5.41) is 6.76. The van der Waals surface area contributed by atoms with Gasteiger partial charge in [0.15, 0.2) is 5.13 Å². The van der Waals surface area contributed by atoms with Gasteiger partial charge in [-0.2, -0.15) is 0 Å².